The quantitative estimate of drug-likeness (QED) is 0.0127. The summed E-state index contributed by atoms with van der Waals surface area (Å²) < 4.78 is 47.6. The average molecular weight is 967 g/mol. The highest BCUT2D eigenvalue weighted by Crippen LogP contribution is 2.43. The van der Waals surface area contributed by atoms with Crippen LogP contribution in [0.15, 0.2) is 122 Å². The van der Waals surface area contributed by atoms with Crippen molar-refractivity contribution < 1.29 is 66.7 Å². The van der Waals surface area contributed by atoms with E-state index in [1.165, 1.54) is 25.3 Å². The molecule has 0 rings (SSSR count). The smallest absolute Gasteiger partial charge is 0.462 e. The summed E-state index contributed by atoms with van der Waals surface area (Å²) in [7, 11) is -9.80. The van der Waals surface area contributed by atoms with Crippen LogP contribution in [-0.4, -0.2) is 81.6 Å². The Morgan fingerprint density at radius 2 is 1.00 bits per heavy atom. The van der Waals surface area contributed by atoms with Crippen LogP contribution in [0.3, 0.4) is 0 Å². The second-order valence-corrected chi connectivity index (χ2v) is 17.8. The van der Waals surface area contributed by atoms with E-state index in [1.54, 1.807) is 12.2 Å². The van der Waals surface area contributed by atoms with Gasteiger partial charge in [-0.2, -0.15) is 0 Å². The first-order valence-electron chi connectivity index (χ1n) is 23.3. The van der Waals surface area contributed by atoms with Crippen LogP contribution in [0.5, 0.6) is 0 Å². The average Bonchev–Trinajstić information content (AvgIpc) is 3.28. The van der Waals surface area contributed by atoms with Crippen molar-refractivity contribution in [1.82, 2.24) is 0 Å². The van der Waals surface area contributed by atoms with Gasteiger partial charge < -0.3 is 34.4 Å². The highest BCUT2D eigenvalue weighted by Gasteiger charge is 2.28. The maximum Gasteiger partial charge on any atom is 0.472 e. The number of phosphoric acid groups is 2. The molecule has 0 fully saturated rings. The lowest BCUT2D eigenvalue weighted by Gasteiger charge is -2.20. The largest absolute Gasteiger partial charge is 0.472 e. The van der Waals surface area contributed by atoms with Gasteiger partial charge in [-0.15, -0.1) is 0 Å². The van der Waals surface area contributed by atoms with Crippen LogP contribution in [0.25, 0.3) is 0 Å². The van der Waals surface area contributed by atoms with Crippen LogP contribution in [0, 0.1) is 0 Å². The molecule has 0 aliphatic carbocycles. The van der Waals surface area contributed by atoms with Gasteiger partial charge >= 0.3 is 27.6 Å². The second-order valence-electron chi connectivity index (χ2n) is 15.1. The summed E-state index contributed by atoms with van der Waals surface area (Å²) in [6.07, 6.45) is 52.3. The van der Waals surface area contributed by atoms with Crippen molar-refractivity contribution in [2.75, 3.05) is 26.4 Å². The van der Waals surface area contributed by atoms with Crippen molar-refractivity contribution in [2.45, 2.75) is 154 Å². The van der Waals surface area contributed by atoms with Crippen molar-refractivity contribution >= 4 is 27.6 Å². The normalized spacial score (nSPS) is 15.4. The minimum Gasteiger partial charge on any atom is -0.462 e. The minimum absolute atomic E-state index is 0.00460. The van der Waals surface area contributed by atoms with Gasteiger partial charge in [0.1, 0.15) is 12.7 Å². The van der Waals surface area contributed by atoms with Crippen LogP contribution in [0.4, 0.5) is 0 Å². The molecule has 0 aromatic heterocycles. The molecule has 0 aromatic rings. The van der Waals surface area contributed by atoms with E-state index in [1.807, 2.05) is 12.2 Å². The first-order valence-corrected chi connectivity index (χ1v) is 26.4. The molecule has 0 saturated carbocycles. The molecule has 0 amide bonds. The number of allylic oxidation sites excluding steroid dienone is 19. The summed E-state index contributed by atoms with van der Waals surface area (Å²) in [5.74, 6) is -1.36. The van der Waals surface area contributed by atoms with Crippen molar-refractivity contribution in [3.63, 3.8) is 0 Å². The molecule has 16 heteroatoms. The van der Waals surface area contributed by atoms with E-state index in [9.17, 15) is 33.8 Å². The van der Waals surface area contributed by atoms with Gasteiger partial charge in [0.05, 0.1) is 25.9 Å². The summed E-state index contributed by atoms with van der Waals surface area (Å²) >= 11 is 0. The van der Waals surface area contributed by atoms with E-state index >= 15 is 0 Å². The Bertz CT molecular complexity index is 1640. The molecule has 0 heterocycles. The molecule has 5 N–H and O–H groups in total. The van der Waals surface area contributed by atoms with Gasteiger partial charge in [-0.1, -0.05) is 155 Å². The molecule has 14 nitrogen and oxygen atoms in total. The minimum atomic E-state index is -4.90. The van der Waals surface area contributed by atoms with Gasteiger partial charge in [-0.3, -0.25) is 23.2 Å². The molecule has 0 radical (unpaired) electrons. The number of hydrogen-bond donors (Lipinski definition) is 5. The third-order valence-electron chi connectivity index (χ3n) is 8.94. The molecule has 66 heavy (non-hydrogen) atoms. The highest BCUT2D eigenvalue weighted by atomic mass is 31.2. The highest BCUT2D eigenvalue weighted by molar-refractivity contribution is 7.47. The number of aliphatic hydroxyl groups excluding tert-OH is 2. The molecule has 374 valence electrons. The third-order valence-corrected chi connectivity index (χ3v) is 10.4. The molecule has 0 spiro atoms. The lowest BCUT2D eigenvalue weighted by molar-refractivity contribution is -0.161. The molecule has 0 aromatic carbocycles. The lowest BCUT2D eigenvalue weighted by Crippen LogP contribution is -2.30. The number of phosphoric ester groups is 2. The SMILES string of the molecule is CC/C=C\C/C=C\C/C=C\C/C=C\C/C=C\C=C/C(O)CCC(=O)O[C@H](COC(=O)CCCCC/C=C\C/C=C\C/C=C\C/C=C\CCCCC)COP(=O)(O)OC[C@@H](O)COP(=O)(O)O. The van der Waals surface area contributed by atoms with E-state index in [0.29, 0.717) is 12.8 Å². The number of ether oxygens (including phenoxy) is 2. The number of carbonyl (C=O) groups excluding carboxylic acids is 2. The number of hydrogen-bond acceptors (Lipinski definition) is 11. The summed E-state index contributed by atoms with van der Waals surface area (Å²) in [5.41, 5.74) is 0. The fourth-order valence-electron chi connectivity index (χ4n) is 5.38. The Kier molecular flexibility index (Phi) is 41.7. The predicted octanol–water partition coefficient (Wildman–Crippen LogP) is 11.4. The number of rotatable bonds is 42. The van der Waals surface area contributed by atoms with Crippen LogP contribution in [0.1, 0.15) is 136 Å². The molecule has 0 bridgehead atoms. The van der Waals surface area contributed by atoms with E-state index in [-0.39, 0.29) is 19.3 Å². The zero-order chi connectivity index (χ0) is 48.8. The second kappa shape index (κ2) is 44.0. The monoisotopic (exact) mass is 967 g/mol. The van der Waals surface area contributed by atoms with Gasteiger partial charge in [-0.05, 0) is 89.9 Å². The zero-order valence-corrected chi connectivity index (χ0v) is 41.1. The summed E-state index contributed by atoms with van der Waals surface area (Å²) in [4.78, 5) is 52.8. The molecule has 0 aliphatic heterocycles. The summed E-state index contributed by atoms with van der Waals surface area (Å²) in [6, 6.07) is 0. The van der Waals surface area contributed by atoms with Crippen LogP contribution in [0.2, 0.25) is 0 Å². The van der Waals surface area contributed by atoms with Gasteiger partial charge in [-0.25, -0.2) is 9.13 Å². The Balaban J connectivity index is 4.79. The number of aliphatic hydroxyl groups is 2. The van der Waals surface area contributed by atoms with E-state index in [4.69, 9.17) is 23.8 Å². The summed E-state index contributed by atoms with van der Waals surface area (Å²) in [5, 5.41) is 20.1. The predicted molar refractivity (Wildman–Crippen MR) is 263 cm³/mol. The summed E-state index contributed by atoms with van der Waals surface area (Å²) in [6.45, 7) is 1.29. The zero-order valence-electron chi connectivity index (χ0n) is 39.3. The topological polar surface area (TPSA) is 216 Å². The maximum atomic E-state index is 12.7. The van der Waals surface area contributed by atoms with Gasteiger partial charge in [0.2, 0.25) is 0 Å². The molecule has 0 aliphatic rings. The Morgan fingerprint density at radius 1 is 0.515 bits per heavy atom. The van der Waals surface area contributed by atoms with Crippen molar-refractivity contribution in [1.29, 1.82) is 0 Å². The van der Waals surface area contributed by atoms with Gasteiger partial charge in [0.15, 0.2) is 6.10 Å². The Morgan fingerprint density at radius 3 is 1.53 bits per heavy atom. The third kappa shape index (κ3) is 47.0. The van der Waals surface area contributed by atoms with E-state index < -0.39 is 72.3 Å². The van der Waals surface area contributed by atoms with Gasteiger partial charge in [0, 0.05) is 12.8 Å². The fourth-order valence-corrected chi connectivity index (χ4v) is 6.54. The first-order chi connectivity index (χ1) is 31.8. The fraction of sp³-hybridized carbons (Fsp3) is 0.560. The number of esters is 2. The van der Waals surface area contributed by atoms with Crippen LogP contribution >= 0.6 is 15.6 Å². The standard InChI is InChI=1S/C50H80O14P2/c1-3-5-7-9-11-13-15-17-19-21-22-23-25-27-29-31-33-35-37-39-49(53)60-44-48(45-63-66(58,59)62-43-47(52)42-61-65(55,56)57)64-50(54)41-40-46(51)38-36-34-32-30-28-26-24-20-18-16-14-12-10-8-6-4-2/h6,8,11-14,17-20,22-23,26-29,32,34,36,38,46-48,51-52H,3-5,7,9-10,15-16,21,24-25,30-31,33,35,37,39-45H2,1-2H3,(H,58,59)(H2,55,56,57)/b8-6-,13-11-,14-12-,19-17-,20-18-,23-22-,28-26-,29-27-,34-32-,38-36-/t46?,47-,48+/m0/s1. The van der Waals surface area contributed by atoms with E-state index in [0.717, 1.165) is 70.6 Å². The van der Waals surface area contributed by atoms with Crippen molar-refractivity contribution in [2.24, 2.45) is 0 Å². The Hall–Kier alpha value is -3.52. The van der Waals surface area contributed by atoms with E-state index in [2.05, 4.69) is 114 Å². The lowest BCUT2D eigenvalue weighted by atomic mass is 10.1. The van der Waals surface area contributed by atoms with Crippen LogP contribution in [-0.2, 0) is 41.8 Å². The first kappa shape index (κ1) is 62.5. The molecule has 2 unspecified atom stereocenters. The molecule has 0 saturated heterocycles. The maximum absolute atomic E-state index is 12.7. The number of unbranched alkanes of at least 4 members (excludes halogenated alkanes) is 6. The Labute approximate surface area is 395 Å². The molecule has 4 atom stereocenters. The van der Waals surface area contributed by atoms with Crippen LogP contribution < -0.4 is 0 Å². The molecular weight excluding hydrogens is 886 g/mol. The van der Waals surface area contributed by atoms with Crippen molar-refractivity contribution in [3.8, 4) is 0 Å². The number of carbonyl (C=O) groups is 2. The molecular formula is C50H80O14P2. The van der Waals surface area contributed by atoms with Gasteiger partial charge in [0.25, 0.3) is 0 Å². The van der Waals surface area contributed by atoms with Crippen molar-refractivity contribution in [3.05, 3.63) is 122 Å².